The van der Waals surface area contributed by atoms with Gasteiger partial charge in [0.1, 0.15) is 0 Å². The topological polar surface area (TPSA) is 55.4 Å². The molecule has 2 aliphatic carbocycles. The lowest BCUT2D eigenvalue weighted by Gasteiger charge is -2.35. The Kier molecular flexibility index (Phi) is 3.54. The summed E-state index contributed by atoms with van der Waals surface area (Å²) in [7, 11) is 0. The van der Waals surface area contributed by atoms with Crippen LogP contribution in [-0.4, -0.2) is 11.6 Å². The van der Waals surface area contributed by atoms with Crippen molar-refractivity contribution in [2.75, 3.05) is 0 Å². The number of rotatable bonds is 3. The number of carbonyl (C=O) groups is 1. The Morgan fingerprint density at radius 1 is 1.16 bits per heavy atom. The van der Waals surface area contributed by atoms with Crippen molar-refractivity contribution >= 4 is 22.4 Å². The van der Waals surface area contributed by atoms with Gasteiger partial charge in [0, 0.05) is 11.1 Å². The van der Waals surface area contributed by atoms with E-state index in [-0.39, 0.29) is 16.7 Å². The Morgan fingerprint density at radius 3 is 2.48 bits per heavy atom. The second-order valence-corrected chi connectivity index (χ2v) is 8.48. The zero-order valence-corrected chi connectivity index (χ0v) is 15.3. The Morgan fingerprint density at radius 2 is 1.88 bits per heavy atom. The molecule has 3 atom stereocenters. The molecule has 3 heteroatoms. The van der Waals surface area contributed by atoms with Crippen molar-refractivity contribution in [1.82, 2.24) is 0 Å². The minimum atomic E-state index is -0.591. The molecule has 2 aromatic carbocycles. The van der Waals surface area contributed by atoms with Crippen LogP contribution in [0.3, 0.4) is 0 Å². The van der Waals surface area contributed by atoms with E-state index in [1.165, 1.54) is 12.1 Å². The summed E-state index contributed by atoms with van der Waals surface area (Å²) < 4.78 is 0. The maximum Gasteiger partial charge on any atom is 0.246 e. The summed E-state index contributed by atoms with van der Waals surface area (Å²) in [6, 6.07) is 13.7. The van der Waals surface area contributed by atoms with Gasteiger partial charge in [0.2, 0.25) is 5.91 Å². The third-order valence-electron chi connectivity index (χ3n) is 7.16. The molecule has 2 aromatic rings. The number of primary amides is 1. The van der Waals surface area contributed by atoms with Gasteiger partial charge in [0.05, 0.1) is 0 Å². The summed E-state index contributed by atoms with van der Waals surface area (Å²) in [6.07, 6.45) is 3.42. The predicted molar refractivity (Wildman–Crippen MR) is 103 cm³/mol. The lowest BCUT2D eigenvalue weighted by molar-refractivity contribution is -0.119. The van der Waals surface area contributed by atoms with Crippen LogP contribution in [0, 0.1) is 16.7 Å². The van der Waals surface area contributed by atoms with E-state index in [1.807, 2.05) is 24.3 Å². The van der Waals surface area contributed by atoms with E-state index >= 15 is 0 Å². The van der Waals surface area contributed by atoms with Gasteiger partial charge in [-0.05, 0) is 53.0 Å². The van der Waals surface area contributed by atoms with Crippen LogP contribution in [0.5, 0.6) is 0 Å². The molecule has 0 unspecified atom stereocenters. The number of nitrogens with two attached hydrogens (primary N) is 1. The number of carbonyl (C=O) groups excluding carboxylic acids is 1. The van der Waals surface area contributed by atoms with Crippen molar-refractivity contribution in [3.63, 3.8) is 0 Å². The van der Waals surface area contributed by atoms with Crippen LogP contribution in [-0.2, 0) is 4.79 Å². The summed E-state index contributed by atoms with van der Waals surface area (Å²) in [5.74, 6) is 0.299. The highest BCUT2D eigenvalue weighted by Crippen LogP contribution is 2.64. The van der Waals surface area contributed by atoms with Crippen LogP contribution in [0.15, 0.2) is 47.5 Å². The van der Waals surface area contributed by atoms with Crippen molar-refractivity contribution < 1.29 is 4.79 Å². The zero-order chi connectivity index (χ0) is 17.8. The molecule has 0 saturated heterocycles. The first-order chi connectivity index (χ1) is 11.8. The lowest BCUT2D eigenvalue weighted by atomic mass is 9.70. The maximum absolute atomic E-state index is 12.2. The van der Waals surface area contributed by atoms with Crippen LogP contribution < -0.4 is 5.73 Å². The fraction of sp³-hybridized carbons (Fsp3) is 0.455. The zero-order valence-electron chi connectivity index (χ0n) is 15.3. The molecule has 0 aliphatic heterocycles. The standard InChI is InChI=1S/C22H26N2O/c1-21(2)17-10-11-22(21,3)18(13-17)24-19(20(23)25)16-9-8-14-6-4-5-7-15(14)12-16/h4-9,12,17,19H,10-11,13H2,1-3H3,(H2,23,25)/t17-,19+,22+/m1/s1. The van der Waals surface area contributed by atoms with Crippen LogP contribution in [0.25, 0.3) is 10.8 Å². The minimum absolute atomic E-state index is 0.0855. The Hall–Kier alpha value is -2.16. The van der Waals surface area contributed by atoms with Crippen molar-refractivity contribution in [1.29, 1.82) is 0 Å². The molecule has 2 saturated carbocycles. The molecule has 4 rings (SSSR count). The van der Waals surface area contributed by atoms with Crippen LogP contribution >= 0.6 is 0 Å². The normalized spacial score (nSPS) is 30.0. The fourth-order valence-electron chi connectivity index (χ4n) is 4.96. The number of hydrogen-bond donors (Lipinski definition) is 1. The third-order valence-corrected chi connectivity index (χ3v) is 7.16. The SMILES string of the molecule is CC1(C)[C@@H]2CC[C@@]1(C)C(=N[C@H](C(N)=O)c1ccc3ccccc3c1)C2. The smallest absolute Gasteiger partial charge is 0.246 e. The summed E-state index contributed by atoms with van der Waals surface area (Å²) in [5, 5.41) is 2.28. The summed E-state index contributed by atoms with van der Waals surface area (Å²) >= 11 is 0. The van der Waals surface area contributed by atoms with Gasteiger partial charge in [0.15, 0.2) is 6.04 Å². The average Bonchev–Trinajstić information content (AvgIpc) is 2.92. The van der Waals surface area contributed by atoms with E-state index in [1.54, 1.807) is 0 Å². The number of amides is 1. The highest BCUT2D eigenvalue weighted by Gasteiger charge is 2.59. The molecule has 2 aliphatic rings. The van der Waals surface area contributed by atoms with Crippen LogP contribution in [0.1, 0.15) is 51.6 Å². The van der Waals surface area contributed by atoms with E-state index < -0.39 is 6.04 Å². The number of fused-ring (bicyclic) bond motifs is 3. The molecule has 0 heterocycles. The van der Waals surface area contributed by atoms with Crippen LogP contribution in [0.4, 0.5) is 0 Å². The molecule has 2 fully saturated rings. The van der Waals surface area contributed by atoms with Crippen molar-refractivity contribution in [2.45, 2.75) is 46.1 Å². The van der Waals surface area contributed by atoms with Gasteiger partial charge in [0.25, 0.3) is 0 Å². The number of hydrogen-bond acceptors (Lipinski definition) is 2. The van der Waals surface area contributed by atoms with E-state index in [0.29, 0.717) is 5.92 Å². The van der Waals surface area contributed by atoms with Gasteiger partial charge >= 0.3 is 0 Å². The van der Waals surface area contributed by atoms with Crippen molar-refractivity contribution in [2.24, 2.45) is 27.5 Å². The highest BCUT2D eigenvalue weighted by atomic mass is 16.1. The van der Waals surface area contributed by atoms with Gasteiger partial charge in [-0.15, -0.1) is 0 Å². The minimum Gasteiger partial charge on any atom is -0.368 e. The average molecular weight is 334 g/mol. The van der Waals surface area contributed by atoms with E-state index in [2.05, 4.69) is 39.0 Å². The Labute approximate surface area is 149 Å². The molecule has 25 heavy (non-hydrogen) atoms. The van der Waals surface area contributed by atoms with E-state index in [0.717, 1.165) is 29.2 Å². The molecule has 2 N–H and O–H groups in total. The first-order valence-electron chi connectivity index (χ1n) is 9.18. The summed E-state index contributed by atoms with van der Waals surface area (Å²) in [4.78, 5) is 17.2. The van der Waals surface area contributed by atoms with Crippen molar-refractivity contribution in [3.8, 4) is 0 Å². The summed E-state index contributed by atoms with van der Waals surface area (Å²) in [5.41, 5.74) is 8.16. The first-order valence-corrected chi connectivity index (χ1v) is 9.18. The highest BCUT2D eigenvalue weighted by molar-refractivity contribution is 5.97. The van der Waals surface area contributed by atoms with Crippen molar-refractivity contribution in [3.05, 3.63) is 48.0 Å². The fourth-order valence-corrected chi connectivity index (χ4v) is 4.96. The van der Waals surface area contributed by atoms with Gasteiger partial charge in [-0.2, -0.15) is 0 Å². The van der Waals surface area contributed by atoms with Crippen LogP contribution in [0.2, 0.25) is 0 Å². The monoisotopic (exact) mass is 334 g/mol. The van der Waals surface area contributed by atoms with E-state index in [9.17, 15) is 4.79 Å². The lowest BCUT2D eigenvalue weighted by Crippen LogP contribution is -2.33. The second-order valence-electron chi connectivity index (χ2n) is 8.48. The molecular formula is C22H26N2O. The quantitative estimate of drug-likeness (QED) is 0.872. The second kappa shape index (κ2) is 5.42. The molecule has 3 nitrogen and oxygen atoms in total. The molecule has 0 spiro atoms. The molecule has 2 bridgehead atoms. The number of benzene rings is 2. The molecule has 0 aromatic heterocycles. The molecule has 0 radical (unpaired) electrons. The molecule has 1 amide bonds. The molecular weight excluding hydrogens is 308 g/mol. The number of nitrogens with zero attached hydrogens (tertiary/aromatic N) is 1. The first kappa shape index (κ1) is 16.3. The van der Waals surface area contributed by atoms with Gasteiger partial charge in [-0.1, -0.05) is 57.2 Å². The predicted octanol–water partition coefficient (Wildman–Crippen LogP) is 4.65. The molecule has 130 valence electrons. The largest absolute Gasteiger partial charge is 0.368 e. The van der Waals surface area contributed by atoms with Gasteiger partial charge in [-0.25, -0.2) is 0 Å². The van der Waals surface area contributed by atoms with Gasteiger partial charge < -0.3 is 5.73 Å². The number of aliphatic imine (C=N–C) groups is 1. The summed E-state index contributed by atoms with van der Waals surface area (Å²) in [6.45, 7) is 7.02. The van der Waals surface area contributed by atoms with Gasteiger partial charge in [-0.3, -0.25) is 9.79 Å². The van der Waals surface area contributed by atoms with E-state index in [4.69, 9.17) is 10.7 Å². The Bertz CT molecular complexity index is 882. The Balaban J connectivity index is 1.76. The maximum atomic E-state index is 12.2. The third kappa shape index (κ3) is 2.32.